The van der Waals surface area contributed by atoms with Crippen molar-refractivity contribution < 1.29 is 18.0 Å². The fourth-order valence-corrected chi connectivity index (χ4v) is 6.12. The van der Waals surface area contributed by atoms with E-state index in [1.54, 1.807) is 18.2 Å². The minimum absolute atomic E-state index is 0.0530. The lowest BCUT2D eigenvalue weighted by molar-refractivity contribution is -0.117. The van der Waals surface area contributed by atoms with Gasteiger partial charge in [0.05, 0.1) is 22.7 Å². The number of primary amides is 1. The monoisotopic (exact) mass is 476 g/mol. The van der Waals surface area contributed by atoms with Crippen molar-refractivity contribution in [3.05, 3.63) is 33.4 Å². The summed E-state index contributed by atoms with van der Waals surface area (Å²) in [7, 11) is -2.12. The summed E-state index contributed by atoms with van der Waals surface area (Å²) in [5.74, 6) is -1.58. The molecular weight excluding hydrogens is 453 g/mol. The second-order valence-corrected chi connectivity index (χ2v) is 10.1. The quantitative estimate of drug-likeness (QED) is 0.539. The summed E-state index contributed by atoms with van der Waals surface area (Å²) >= 11 is 12.5. The van der Waals surface area contributed by atoms with Gasteiger partial charge in [0.1, 0.15) is 11.7 Å². The van der Waals surface area contributed by atoms with Gasteiger partial charge >= 0.3 is 16.1 Å². The van der Waals surface area contributed by atoms with Crippen LogP contribution in [0.15, 0.2) is 17.8 Å². The van der Waals surface area contributed by atoms with E-state index in [9.17, 15) is 18.0 Å². The zero-order valence-electron chi connectivity index (χ0n) is 16.6. The standard InChI is InChI=1S/C18H23Cl2N5O4S/c1-10(26)23-30(28,29)24-6-5-14(11(8-21)9-24)25(2)15-4-3-13(19)17(20)12(15)7-16(25)18(22)27/h3-4,7,11,14H,5-6,8-9,21H2,1-2H3,(H2-,22,23,26,27)/p+1. The van der Waals surface area contributed by atoms with E-state index in [2.05, 4.69) is 0 Å². The van der Waals surface area contributed by atoms with Gasteiger partial charge in [-0.05, 0) is 6.07 Å². The van der Waals surface area contributed by atoms with Gasteiger partial charge in [0, 0.05) is 51.0 Å². The third-order valence-corrected chi connectivity index (χ3v) is 8.26. The number of nitrogens with zero attached hydrogens (tertiary/aromatic N) is 2. The molecule has 2 amide bonds. The molecule has 1 fully saturated rings. The largest absolute Gasteiger partial charge is 0.361 e. The molecule has 0 bridgehead atoms. The van der Waals surface area contributed by atoms with E-state index in [1.165, 1.54) is 4.31 Å². The number of likely N-dealkylation sites (N-methyl/N-ethyl adjacent to an activating group) is 1. The Morgan fingerprint density at radius 1 is 1.33 bits per heavy atom. The lowest BCUT2D eigenvalue weighted by Crippen LogP contribution is -2.64. The Labute approximate surface area is 185 Å². The highest BCUT2D eigenvalue weighted by molar-refractivity contribution is 7.87. The molecule has 30 heavy (non-hydrogen) atoms. The van der Waals surface area contributed by atoms with Gasteiger partial charge in [0.2, 0.25) is 11.6 Å². The van der Waals surface area contributed by atoms with Crippen LogP contribution in [0.3, 0.4) is 0 Å². The van der Waals surface area contributed by atoms with Crippen LogP contribution >= 0.6 is 23.2 Å². The average molecular weight is 477 g/mol. The second kappa shape index (κ2) is 8.10. The van der Waals surface area contributed by atoms with Gasteiger partial charge < -0.3 is 11.5 Å². The van der Waals surface area contributed by atoms with Crippen LogP contribution < -0.4 is 20.7 Å². The van der Waals surface area contributed by atoms with Crippen LogP contribution in [0.5, 0.6) is 0 Å². The number of carbonyl (C=O) groups is 2. The predicted octanol–water partition coefficient (Wildman–Crippen LogP) is 0.800. The van der Waals surface area contributed by atoms with Crippen molar-refractivity contribution in [3.63, 3.8) is 0 Å². The van der Waals surface area contributed by atoms with Crippen molar-refractivity contribution in [2.45, 2.75) is 19.4 Å². The van der Waals surface area contributed by atoms with E-state index in [4.69, 9.17) is 34.7 Å². The zero-order chi connectivity index (χ0) is 22.4. The minimum atomic E-state index is -3.97. The van der Waals surface area contributed by atoms with Crippen LogP contribution in [0.1, 0.15) is 18.9 Å². The van der Waals surface area contributed by atoms with E-state index in [1.807, 2.05) is 11.8 Å². The summed E-state index contributed by atoms with van der Waals surface area (Å²) in [4.78, 5) is 23.6. The number of rotatable bonds is 5. The van der Waals surface area contributed by atoms with Crippen molar-refractivity contribution in [3.8, 4) is 0 Å². The molecule has 1 aromatic carbocycles. The number of carbonyl (C=O) groups excluding carboxylic acids is 2. The maximum Gasteiger partial charge on any atom is 0.303 e. The Balaban J connectivity index is 2.03. The first kappa shape index (κ1) is 23.0. The number of hydrogen-bond donors (Lipinski definition) is 3. The SMILES string of the molecule is CC(=O)NS(=O)(=O)N1CCC([N+]2(C)C(C(N)=O)=Cc3c2ccc(Cl)c3Cl)C(CN)C1. The van der Waals surface area contributed by atoms with Gasteiger partial charge in [-0.2, -0.15) is 12.7 Å². The van der Waals surface area contributed by atoms with E-state index in [0.29, 0.717) is 27.7 Å². The van der Waals surface area contributed by atoms with Crippen molar-refractivity contribution in [2.75, 3.05) is 26.7 Å². The molecule has 3 atom stereocenters. The third kappa shape index (κ3) is 3.72. The van der Waals surface area contributed by atoms with Gasteiger partial charge in [0.15, 0.2) is 0 Å². The number of piperidine rings is 1. The molecule has 2 aliphatic heterocycles. The lowest BCUT2D eigenvalue weighted by atomic mass is 9.89. The number of fused-ring (bicyclic) bond motifs is 1. The highest BCUT2D eigenvalue weighted by atomic mass is 35.5. The fraction of sp³-hybridized carbons (Fsp3) is 0.444. The van der Waals surface area contributed by atoms with Crippen LogP contribution in [0.2, 0.25) is 10.0 Å². The summed E-state index contributed by atoms with van der Waals surface area (Å²) in [6.07, 6.45) is 2.03. The molecule has 1 aromatic rings. The Morgan fingerprint density at radius 3 is 2.57 bits per heavy atom. The first-order valence-corrected chi connectivity index (χ1v) is 11.5. The number of quaternary nitrogens is 1. The molecule has 12 heteroatoms. The van der Waals surface area contributed by atoms with Crippen LogP contribution in [0, 0.1) is 5.92 Å². The van der Waals surface area contributed by atoms with Crippen LogP contribution in [-0.4, -0.2) is 57.3 Å². The highest BCUT2D eigenvalue weighted by Crippen LogP contribution is 2.48. The van der Waals surface area contributed by atoms with Crippen molar-refractivity contribution in [2.24, 2.45) is 17.4 Å². The number of halogens is 2. The molecular formula is C18H24Cl2N5O4S+. The summed E-state index contributed by atoms with van der Waals surface area (Å²) < 4.78 is 28.1. The molecule has 0 aliphatic carbocycles. The first-order valence-electron chi connectivity index (χ1n) is 9.28. The molecule has 0 spiro atoms. The molecule has 2 heterocycles. The lowest BCUT2D eigenvalue weighted by Gasteiger charge is -2.46. The Hall–Kier alpha value is -1.69. The Morgan fingerprint density at radius 2 is 2.00 bits per heavy atom. The van der Waals surface area contributed by atoms with E-state index < -0.39 is 22.0 Å². The van der Waals surface area contributed by atoms with Crippen molar-refractivity contribution in [1.29, 1.82) is 0 Å². The molecule has 9 nitrogen and oxygen atoms in total. The number of nitrogens with two attached hydrogens (primary N) is 2. The molecule has 5 N–H and O–H groups in total. The molecule has 164 valence electrons. The summed E-state index contributed by atoms with van der Waals surface area (Å²) in [5.41, 5.74) is 13.4. The number of amides is 2. The van der Waals surface area contributed by atoms with Gasteiger partial charge in [0.25, 0.3) is 0 Å². The first-order chi connectivity index (χ1) is 13.9. The average Bonchev–Trinajstić information content (AvgIpc) is 2.97. The van der Waals surface area contributed by atoms with E-state index in [-0.39, 0.29) is 36.1 Å². The van der Waals surface area contributed by atoms with Crippen LogP contribution in [-0.2, 0) is 19.8 Å². The smallest absolute Gasteiger partial charge is 0.303 e. The number of hydrogen-bond acceptors (Lipinski definition) is 5. The molecule has 2 aliphatic rings. The van der Waals surface area contributed by atoms with Crippen LogP contribution in [0.25, 0.3) is 6.08 Å². The normalized spacial score (nSPS) is 26.8. The van der Waals surface area contributed by atoms with Crippen LogP contribution in [0.4, 0.5) is 5.69 Å². The molecule has 3 unspecified atom stereocenters. The summed E-state index contributed by atoms with van der Waals surface area (Å²) in [5, 5.41) is 0.681. The molecule has 0 radical (unpaired) electrons. The maximum atomic E-state index is 12.4. The number of nitrogens with one attached hydrogen (secondary N) is 1. The predicted molar refractivity (Wildman–Crippen MR) is 117 cm³/mol. The van der Waals surface area contributed by atoms with Gasteiger partial charge in [-0.25, -0.2) is 4.72 Å². The Bertz CT molecular complexity index is 1050. The number of benzene rings is 1. The maximum absolute atomic E-state index is 12.4. The molecule has 1 saturated heterocycles. The van der Waals surface area contributed by atoms with E-state index >= 15 is 0 Å². The third-order valence-electron chi connectivity index (χ3n) is 5.88. The van der Waals surface area contributed by atoms with E-state index in [0.717, 1.165) is 12.6 Å². The van der Waals surface area contributed by atoms with Gasteiger partial charge in [-0.3, -0.25) is 14.1 Å². The topological polar surface area (TPSA) is 136 Å². The van der Waals surface area contributed by atoms with Crippen molar-refractivity contribution >= 4 is 57.0 Å². The minimum Gasteiger partial charge on any atom is -0.361 e. The Kier molecular flexibility index (Phi) is 6.21. The summed E-state index contributed by atoms with van der Waals surface area (Å²) in [6.45, 7) is 1.56. The van der Waals surface area contributed by atoms with Crippen molar-refractivity contribution in [1.82, 2.24) is 13.5 Å². The summed E-state index contributed by atoms with van der Waals surface area (Å²) in [6, 6.07) is 3.21. The highest BCUT2D eigenvalue weighted by Gasteiger charge is 2.52. The van der Waals surface area contributed by atoms with Gasteiger partial charge in [-0.1, -0.05) is 23.2 Å². The molecule has 3 rings (SSSR count). The van der Waals surface area contributed by atoms with Gasteiger partial charge in [-0.15, -0.1) is 0 Å². The molecule has 0 saturated carbocycles. The molecule has 0 aromatic heterocycles. The fourth-order valence-electron chi connectivity index (χ4n) is 4.52. The second-order valence-electron chi connectivity index (χ2n) is 7.64. The zero-order valence-corrected chi connectivity index (χ0v) is 18.9.